The average molecular weight is 371 g/mol. The second-order valence-corrected chi connectivity index (χ2v) is 7.43. The van der Waals surface area contributed by atoms with Gasteiger partial charge in [0.1, 0.15) is 11.3 Å². The normalized spacial score (nSPS) is 19.9. The van der Waals surface area contributed by atoms with Gasteiger partial charge in [-0.2, -0.15) is 0 Å². The van der Waals surface area contributed by atoms with Crippen molar-refractivity contribution < 1.29 is 18.8 Å². The van der Waals surface area contributed by atoms with E-state index in [1.807, 2.05) is 0 Å². The van der Waals surface area contributed by atoms with Crippen LogP contribution in [0, 0.1) is 0 Å². The lowest BCUT2D eigenvalue weighted by molar-refractivity contribution is -0.115. The summed E-state index contributed by atoms with van der Waals surface area (Å²) < 4.78 is 5.77. The summed E-state index contributed by atoms with van der Waals surface area (Å²) in [6.07, 6.45) is 10.0. The zero-order valence-corrected chi connectivity index (χ0v) is 14.7. The molecule has 2 aliphatic rings. The summed E-state index contributed by atoms with van der Waals surface area (Å²) in [5.41, 5.74) is 0.798. The van der Waals surface area contributed by atoms with Crippen LogP contribution in [-0.4, -0.2) is 28.1 Å². The van der Waals surface area contributed by atoms with Crippen molar-refractivity contribution in [3.8, 4) is 0 Å². The van der Waals surface area contributed by atoms with Crippen molar-refractivity contribution in [2.45, 2.75) is 38.1 Å². The number of hydrogen-bond acceptors (Lipinski definition) is 6. The Morgan fingerprint density at radius 3 is 2.81 bits per heavy atom. The molecule has 134 valence electrons. The highest BCUT2D eigenvalue weighted by Crippen LogP contribution is 2.29. The fourth-order valence-corrected chi connectivity index (χ4v) is 3.94. The first-order chi connectivity index (χ1) is 12.6. The fraction of sp³-hybridized carbons (Fsp3) is 0.333. The number of fused-ring (bicyclic) bond motifs is 1. The van der Waals surface area contributed by atoms with Gasteiger partial charge in [-0.15, -0.1) is 0 Å². The molecule has 0 aromatic carbocycles. The van der Waals surface area contributed by atoms with Gasteiger partial charge in [0.25, 0.3) is 17.1 Å². The summed E-state index contributed by atoms with van der Waals surface area (Å²) >= 11 is 0.819. The number of nitrogens with one attached hydrogen (secondary N) is 2. The van der Waals surface area contributed by atoms with Crippen molar-refractivity contribution in [1.29, 1.82) is 0 Å². The molecule has 2 aromatic rings. The molecule has 3 heterocycles. The van der Waals surface area contributed by atoms with Crippen LogP contribution in [0.4, 0.5) is 4.79 Å². The number of hydrogen-bond donors (Lipinski definition) is 2. The van der Waals surface area contributed by atoms with Crippen LogP contribution >= 0.6 is 11.8 Å². The Hall–Kier alpha value is -2.61. The Morgan fingerprint density at radius 2 is 2.08 bits per heavy atom. The van der Waals surface area contributed by atoms with Crippen LogP contribution in [0.3, 0.4) is 0 Å². The molecule has 0 unspecified atom stereocenters. The van der Waals surface area contributed by atoms with Crippen molar-refractivity contribution in [3.05, 3.63) is 34.7 Å². The SMILES string of the molecule is O=C1NC(=O)/C(=C/c2cc3cncc(C(=O)NC4CCCCC4)c3o2)S1. The Morgan fingerprint density at radius 1 is 1.27 bits per heavy atom. The maximum absolute atomic E-state index is 12.6. The number of amides is 3. The van der Waals surface area contributed by atoms with E-state index in [-0.39, 0.29) is 16.9 Å². The number of nitrogens with zero attached hydrogens (tertiary/aromatic N) is 1. The topological polar surface area (TPSA) is 101 Å². The van der Waals surface area contributed by atoms with Crippen molar-refractivity contribution in [2.75, 3.05) is 0 Å². The second-order valence-electron chi connectivity index (χ2n) is 6.41. The molecule has 1 aliphatic heterocycles. The highest BCUT2D eigenvalue weighted by Gasteiger charge is 2.26. The first-order valence-electron chi connectivity index (χ1n) is 8.53. The Bertz CT molecular complexity index is 928. The zero-order chi connectivity index (χ0) is 18.1. The molecule has 7 nitrogen and oxygen atoms in total. The lowest BCUT2D eigenvalue weighted by Crippen LogP contribution is -2.36. The number of thioether (sulfide) groups is 1. The zero-order valence-electron chi connectivity index (χ0n) is 13.9. The van der Waals surface area contributed by atoms with E-state index in [1.165, 1.54) is 18.7 Å². The van der Waals surface area contributed by atoms with Gasteiger partial charge in [-0.25, -0.2) is 0 Å². The van der Waals surface area contributed by atoms with Crippen LogP contribution in [0.25, 0.3) is 17.0 Å². The molecule has 0 bridgehead atoms. The van der Waals surface area contributed by atoms with E-state index in [0.717, 1.165) is 37.4 Å². The predicted molar refractivity (Wildman–Crippen MR) is 97.5 cm³/mol. The molecule has 26 heavy (non-hydrogen) atoms. The minimum atomic E-state index is -0.450. The third-order valence-electron chi connectivity index (χ3n) is 4.54. The first-order valence-corrected chi connectivity index (χ1v) is 9.35. The molecule has 2 aromatic heterocycles. The molecule has 0 spiro atoms. The molecule has 2 fully saturated rings. The molecule has 1 aliphatic carbocycles. The lowest BCUT2D eigenvalue weighted by Gasteiger charge is -2.22. The highest BCUT2D eigenvalue weighted by atomic mass is 32.2. The molecule has 0 radical (unpaired) electrons. The van der Waals surface area contributed by atoms with Gasteiger partial charge in [-0.05, 0) is 30.7 Å². The largest absolute Gasteiger partial charge is 0.456 e. The first kappa shape index (κ1) is 16.8. The van der Waals surface area contributed by atoms with Gasteiger partial charge < -0.3 is 9.73 Å². The molecule has 0 atom stereocenters. The maximum atomic E-state index is 12.6. The lowest BCUT2D eigenvalue weighted by atomic mass is 9.95. The highest BCUT2D eigenvalue weighted by molar-refractivity contribution is 8.18. The van der Waals surface area contributed by atoms with Gasteiger partial charge in [0.2, 0.25) is 0 Å². The molecule has 1 saturated carbocycles. The number of aromatic nitrogens is 1. The van der Waals surface area contributed by atoms with Gasteiger partial charge >= 0.3 is 0 Å². The minimum Gasteiger partial charge on any atom is -0.456 e. The average Bonchev–Trinajstić information content (AvgIpc) is 3.17. The fourth-order valence-electron chi connectivity index (χ4n) is 3.28. The van der Waals surface area contributed by atoms with Crippen molar-refractivity contribution in [2.24, 2.45) is 0 Å². The van der Waals surface area contributed by atoms with Crippen LogP contribution in [0.15, 0.2) is 27.8 Å². The number of carbonyl (C=O) groups is 3. The van der Waals surface area contributed by atoms with Crippen molar-refractivity contribution in [3.63, 3.8) is 0 Å². The Balaban J connectivity index is 1.61. The third-order valence-corrected chi connectivity index (χ3v) is 5.35. The summed E-state index contributed by atoms with van der Waals surface area (Å²) in [4.78, 5) is 39.9. The van der Waals surface area contributed by atoms with E-state index < -0.39 is 11.1 Å². The molecule has 3 amide bonds. The Labute approximate surface area is 153 Å². The van der Waals surface area contributed by atoms with Crippen molar-refractivity contribution >= 4 is 45.9 Å². The maximum Gasteiger partial charge on any atom is 0.290 e. The summed E-state index contributed by atoms with van der Waals surface area (Å²) in [5, 5.41) is 5.51. The van der Waals surface area contributed by atoms with Crippen LogP contribution in [-0.2, 0) is 4.79 Å². The minimum absolute atomic E-state index is 0.188. The quantitative estimate of drug-likeness (QED) is 0.804. The van der Waals surface area contributed by atoms with E-state index in [2.05, 4.69) is 15.6 Å². The second kappa shape index (κ2) is 6.95. The number of imide groups is 1. The number of furan rings is 1. The van der Waals surface area contributed by atoms with Crippen molar-refractivity contribution in [1.82, 2.24) is 15.6 Å². The molecule has 8 heteroatoms. The van der Waals surface area contributed by atoms with Gasteiger partial charge in [-0.1, -0.05) is 19.3 Å². The van der Waals surface area contributed by atoms with E-state index in [1.54, 1.807) is 12.3 Å². The van der Waals surface area contributed by atoms with Crippen LogP contribution in [0.2, 0.25) is 0 Å². The van der Waals surface area contributed by atoms with E-state index >= 15 is 0 Å². The van der Waals surface area contributed by atoms with Gasteiger partial charge in [0.15, 0.2) is 5.58 Å². The van der Waals surface area contributed by atoms with Gasteiger partial charge in [-0.3, -0.25) is 24.7 Å². The number of rotatable bonds is 3. The molecule has 1 saturated heterocycles. The van der Waals surface area contributed by atoms with E-state index in [9.17, 15) is 14.4 Å². The third kappa shape index (κ3) is 3.37. The van der Waals surface area contributed by atoms with Gasteiger partial charge in [0.05, 0.1) is 4.91 Å². The van der Waals surface area contributed by atoms with Crippen LogP contribution in [0.1, 0.15) is 48.2 Å². The standard InChI is InChI=1S/C18H17N3O4S/c22-16(20-11-4-2-1-3-5-11)13-9-19-8-10-6-12(25-15(10)13)7-14-17(23)21-18(24)26-14/h6-9,11H,1-5H2,(H,20,22)(H,21,23,24)/b14-7-. The number of carbonyl (C=O) groups excluding carboxylic acids is 3. The molecular formula is C18H17N3O4S. The van der Waals surface area contributed by atoms with E-state index in [4.69, 9.17) is 4.42 Å². The Kier molecular flexibility index (Phi) is 4.50. The van der Waals surface area contributed by atoms with Gasteiger partial charge in [0, 0.05) is 29.9 Å². The monoisotopic (exact) mass is 371 g/mol. The summed E-state index contributed by atoms with van der Waals surface area (Å²) in [6, 6.07) is 1.89. The smallest absolute Gasteiger partial charge is 0.290 e. The summed E-state index contributed by atoms with van der Waals surface area (Å²) in [7, 11) is 0. The van der Waals surface area contributed by atoms with Crippen LogP contribution in [0.5, 0.6) is 0 Å². The van der Waals surface area contributed by atoms with Crippen LogP contribution < -0.4 is 10.6 Å². The summed E-state index contributed by atoms with van der Waals surface area (Å²) in [6.45, 7) is 0. The molecule has 2 N–H and O–H groups in total. The number of pyridine rings is 1. The van der Waals surface area contributed by atoms with E-state index in [0.29, 0.717) is 22.3 Å². The molecular weight excluding hydrogens is 354 g/mol. The molecule has 4 rings (SSSR count). The summed E-state index contributed by atoms with van der Waals surface area (Å²) in [5.74, 6) is -0.257. The predicted octanol–water partition coefficient (Wildman–Crippen LogP) is 3.21.